The molecule has 0 saturated carbocycles. The molecule has 1 N–H and O–H groups in total. The Morgan fingerprint density at radius 3 is 2.70 bits per heavy atom. The lowest BCUT2D eigenvalue weighted by Crippen LogP contribution is -2.21. The Balaban J connectivity index is 2.00. The lowest BCUT2D eigenvalue weighted by Gasteiger charge is -2.07. The fourth-order valence-corrected chi connectivity index (χ4v) is 2.55. The number of carbonyl (C=O) groups excluding carboxylic acids is 1. The van der Waals surface area contributed by atoms with Crippen molar-refractivity contribution in [2.75, 3.05) is 5.32 Å². The van der Waals surface area contributed by atoms with Gasteiger partial charge >= 0.3 is 5.63 Å². The van der Waals surface area contributed by atoms with Gasteiger partial charge in [0, 0.05) is 14.9 Å². The predicted molar refractivity (Wildman–Crippen MR) is 89.5 cm³/mol. The molecule has 0 aliphatic heterocycles. The Morgan fingerprint density at radius 2 is 1.96 bits per heavy atom. The smallest absolute Gasteiger partial charge is 0.349 e. The molecule has 0 atom stereocenters. The number of nitrogens with one attached hydrogen (secondary N) is 1. The zero-order valence-electron chi connectivity index (χ0n) is 11.4. The second-order valence-electron chi connectivity index (χ2n) is 4.71. The van der Waals surface area contributed by atoms with Crippen LogP contribution in [0.15, 0.2) is 56.1 Å². The van der Waals surface area contributed by atoms with Gasteiger partial charge in [0.15, 0.2) is 0 Å². The first kappa shape index (κ1) is 15.7. The van der Waals surface area contributed by atoms with Crippen LogP contribution in [0.2, 0.25) is 5.02 Å². The second kappa shape index (κ2) is 6.14. The minimum absolute atomic E-state index is 0.0382. The van der Waals surface area contributed by atoms with Crippen molar-refractivity contribution in [3.63, 3.8) is 0 Å². The minimum Gasteiger partial charge on any atom is -0.422 e. The van der Waals surface area contributed by atoms with Crippen molar-refractivity contribution in [1.82, 2.24) is 0 Å². The molecule has 1 aromatic heterocycles. The van der Waals surface area contributed by atoms with Crippen molar-refractivity contribution in [2.45, 2.75) is 0 Å². The van der Waals surface area contributed by atoms with Crippen LogP contribution in [0.25, 0.3) is 11.0 Å². The van der Waals surface area contributed by atoms with E-state index in [-0.39, 0.29) is 11.3 Å². The third-order valence-corrected chi connectivity index (χ3v) is 3.85. The molecule has 3 rings (SSSR count). The van der Waals surface area contributed by atoms with Crippen molar-refractivity contribution < 1.29 is 13.6 Å². The van der Waals surface area contributed by atoms with E-state index in [0.29, 0.717) is 20.5 Å². The van der Waals surface area contributed by atoms with E-state index in [1.807, 2.05) is 0 Å². The summed E-state index contributed by atoms with van der Waals surface area (Å²) in [5, 5.41) is 3.29. The summed E-state index contributed by atoms with van der Waals surface area (Å²) in [6.07, 6.45) is 0. The molecule has 0 aliphatic rings. The highest BCUT2D eigenvalue weighted by Gasteiger charge is 2.16. The molecular weight excluding hydrogens is 389 g/mol. The van der Waals surface area contributed by atoms with Gasteiger partial charge in [-0.05, 0) is 42.5 Å². The summed E-state index contributed by atoms with van der Waals surface area (Å²) in [7, 11) is 0. The van der Waals surface area contributed by atoms with Gasteiger partial charge in [0.25, 0.3) is 5.91 Å². The molecule has 1 amide bonds. The summed E-state index contributed by atoms with van der Waals surface area (Å²) in [6.45, 7) is 0. The van der Waals surface area contributed by atoms with E-state index in [9.17, 15) is 14.0 Å². The molecule has 1 heterocycles. The van der Waals surface area contributed by atoms with E-state index < -0.39 is 17.3 Å². The number of anilines is 1. The maximum atomic E-state index is 13.8. The molecular formula is C16H8BrClFNO3. The number of rotatable bonds is 2. The van der Waals surface area contributed by atoms with Crippen molar-refractivity contribution in [2.24, 2.45) is 0 Å². The first-order chi connectivity index (χ1) is 10.9. The van der Waals surface area contributed by atoms with E-state index in [2.05, 4.69) is 21.2 Å². The van der Waals surface area contributed by atoms with Crippen LogP contribution in [0, 0.1) is 5.82 Å². The van der Waals surface area contributed by atoms with Crippen LogP contribution in [0.3, 0.4) is 0 Å². The van der Waals surface area contributed by atoms with Crippen LogP contribution in [0.1, 0.15) is 10.4 Å². The highest BCUT2D eigenvalue weighted by molar-refractivity contribution is 9.10. The van der Waals surface area contributed by atoms with Crippen LogP contribution < -0.4 is 10.9 Å². The van der Waals surface area contributed by atoms with Crippen LogP contribution >= 0.6 is 27.5 Å². The van der Waals surface area contributed by atoms with Gasteiger partial charge in [-0.1, -0.05) is 27.5 Å². The maximum Gasteiger partial charge on any atom is 0.349 e. The molecule has 0 unspecified atom stereocenters. The SMILES string of the molecule is O=C(Nc1ccc(Br)cc1F)c1cc2cc(Cl)ccc2oc1=O. The number of hydrogen-bond donors (Lipinski definition) is 1. The summed E-state index contributed by atoms with van der Waals surface area (Å²) in [5.74, 6) is -1.39. The molecule has 3 aromatic rings. The highest BCUT2D eigenvalue weighted by Crippen LogP contribution is 2.21. The first-order valence-corrected chi connectivity index (χ1v) is 7.61. The summed E-state index contributed by atoms with van der Waals surface area (Å²) in [6, 6.07) is 10.2. The summed E-state index contributed by atoms with van der Waals surface area (Å²) < 4.78 is 19.4. The second-order valence-corrected chi connectivity index (χ2v) is 6.06. The monoisotopic (exact) mass is 395 g/mol. The molecule has 0 spiro atoms. The Morgan fingerprint density at radius 1 is 1.17 bits per heavy atom. The van der Waals surface area contributed by atoms with Crippen molar-refractivity contribution in [1.29, 1.82) is 0 Å². The Hall–Kier alpha value is -2.18. The standard InChI is InChI=1S/C16H8BrClFNO3/c17-9-1-3-13(12(19)7-9)20-15(21)11-6-8-5-10(18)2-4-14(8)23-16(11)22/h1-7H,(H,20,21). The van der Waals surface area contributed by atoms with Gasteiger partial charge in [0.1, 0.15) is 17.0 Å². The van der Waals surface area contributed by atoms with Gasteiger partial charge in [0.2, 0.25) is 0 Å². The number of benzene rings is 2. The van der Waals surface area contributed by atoms with Crippen LogP contribution in [0.5, 0.6) is 0 Å². The van der Waals surface area contributed by atoms with E-state index in [4.69, 9.17) is 16.0 Å². The lowest BCUT2D eigenvalue weighted by atomic mass is 10.1. The van der Waals surface area contributed by atoms with Gasteiger partial charge in [-0.3, -0.25) is 4.79 Å². The fourth-order valence-electron chi connectivity index (χ4n) is 2.03. The first-order valence-electron chi connectivity index (χ1n) is 6.44. The summed E-state index contributed by atoms with van der Waals surface area (Å²) >= 11 is 9.00. The zero-order valence-corrected chi connectivity index (χ0v) is 13.7. The van der Waals surface area contributed by atoms with Crippen molar-refractivity contribution in [3.05, 3.63) is 73.8 Å². The van der Waals surface area contributed by atoms with Crippen molar-refractivity contribution in [3.8, 4) is 0 Å². The number of fused-ring (bicyclic) bond motifs is 1. The Bertz CT molecular complexity index is 987. The number of amides is 1. The van der Waals surface area contributed by atoms with E-state index in [1.165, 1.54) is 24.3 Å². The fraction of sp³-hybridized carbons (Fsp3) is 0. The topological polar surface area (TPSA) is 59.3 Å². The Labute approximate surface area is 143 Å². The van der Waals surface area contributed by atoms with E-state index in [1.54, 1.807) is 18.2 Å². The largest absolute Gasteiger partial charge is 0.422 e. The molecule has 0 fully saturated rings. The van der Waals surface area contributed by atoms with Gasteiger partial charge in [0.05, 0.1) is 5.69 Å². The molecule has 7 heteroatoms. The van der Waals surface area contributed by atoms with E-state index in [0.717, 1.165) is 0 Å². The van der Waals surface area contributed by atoms with Crippen LogP contribution in [-0.4, -0.2) is 5.91 Å². The molecule has 0 radical (unpaired) electrons. The number of hydrogen-bond acceptors (Lipinski definition) is 3. The maximum absolute atomic E-state index is 13.8. The van der Waals surface area contributed by atoms with Crippen LogP contribution in [-0.2, 0) is 0 Å². The zero-order chi connectivity index (χ0) is 16.6. The molecule has 116 valence electrons. The van der Waals surface area contributed by atoms with Crippen molar-refractivity contribution >= 4 is 50.1 Å². The lowest BCUT2D eigenvalue weighted by molar-refractivity contribution is 0.102. The minimum atomic E-state index is -0.810. The molecule has 2 aromatic carbocycles. The average Bonchev–Trinajstić information content (AvgIpc) is 2.49. The number of halogens is 3. The predicted octanol–water partition coefficient (Wildman–Crippen LogP) is 4.60. The third-order valence-electron chi connectivity index (χ3n) is 3.12. The molecule has 23 heavy (non-hydrogen) atoms. The van der Waals surface area contributed by atoms with E-state index >= 15 is 0 Å². The van der Waals surface area contributed by atoms with Gasteiger partial charge in [-0.25, -0.2) is 9.18 Å². The van der Waals surface area contributed by atoms with Gasteiger partial charge in [-0.15, -0.1) is 0 Å². The summed E-state index contributed by atoms with van der Waals surface area (Å²) in [5.41, 5.74) is -0.772. The van der Waals surface area contributed by atoms with Gasteiger partial charge in [-0.2, -0.15) is 0 Å². The number of carbonyl (C=O) groups is 1. The molecule has 0 saturated heterocycles. The summed E-state index contributed by atoms with van der Waals surface area (Å²) in [4.78, 5) is 24.1. The molecule has 4 nitrogen and oxygen atoms in total. The van der Waals surface area contributed by atoms with Crippen LogP contribution in [0.4, 0.5) is 10.1 Å². The third kappa shape index (κ3) is 3.28. The highest BCUT2D eigenvalue weighted by atomic mass is 79.9. The quantitative estimate of drug-likeness (QED) is 0.644. The molecule has 0 bridgehead atoms. The molecule has 0 aliphatic carbocycles. The Kier molecular flexibility index (Phi) is 4.19. The van der Waals surface area contributed by atoms with Gasteiger partial charge < -0.3 is 9.73 Å². The normalized spacial score (nSPS) is 10.7. The average molecular weight is 397 g/mol.